The van der Waals surface area contributed by atoms with Gasteiger partial charge in [-0.2, -0.15) is 0 Å². The Labute approximate surface area is 113 Å². The highest BCUT2D eigenvalue weighted by Crippen LogP contribution is 2.16. The summed E-state index contributed by atoms with van der Waals surface area (Å²) in [5.41, 5.74) is 1.15. The van der Waals surface area contributed by atoms with Crippen LogP contribution < -0.4 is 5.32 Å². The van der Waals surface area contributed by atoms with E-state index in [0.717, 1.165) is 10.6 Å². The molecule has 100 valence electrons. The second-order valence-corrected chi connectivity index (χ2v) is 4.79. The third-order valence-corrected chi connectivity index (χ3v) is 2.93. The molecule has 1 aromatic rings. The van der Waals surface area contributed by atoms with Crippen LogP contribution in [0.5, 0.6) is 0 Å². The molecule has 0 aromatic heterocycles. The zero-order chi connectivity index (χ0) is 13.5. The van der Waals surface area contributed by atoms with Crippen LogP contribution in [0.4, 0.5) is 0 Å². The molecule has 1 unspecified atom stereocenters. The number of carbonyl (C=O) groups excluding carboxylic acids is 1. The van der Waals surface area contributed by atoms with Gasteiger partial charge in [0.1, 0.15) is 0 Å². The van der Waals surface area contributed by atoms with E-state index >= 15 is 0 Å². The summed E-state index contributed by atoms with van der Waals surface area (Å²) in [7, 11) is 0. The molecule has 0 aliphatic carbocycles. The molecule has 4 heteroatoms. The maximum absolute atomic E-state index is 11.3. The fourth-order valence-electron chi connectivity index (χ4n) is 1.80. The molecular weight excluding hydrogens is 250 g/mol. The number of carbonyl (C=O) groups is 1. The predicted octanol–water partition coefficient (Wildman–Crippen LogP) is 3.33. The molecule has 3 nitrogen and oxygen atoms in total. The normalized spacial score (nSPS) is 14.0. The molecule has 2 atom stereocenters. The Hall–Kier alpha value is -1.06. The standard InChI is InChI=1S/C14H20ClNO2/c1-4-18-14(17)9-10(2)16-11(3)12-5-7-13(15)8-6-12/h5-8,10-11,16H,4,9H2,1-3H3/t10?,11-/m0/s1. The van der Waals surface area contributed by atoms with E-state index in [9.17, 15) is 4.79 Å². The number of esters is 1. The van der Waals surface area contributed by atoms with Crippen molar-refractivity contribution in [2.75, 3.05) is 6.61 Å². The first-order valence-corrected chi connectivity index (χ1v) is 6.57. The molecule has 0 saturated carbocycles. The van der Waals surface area contributed by atoms with Crippen molar-refractivity contribution >= 4 is 17.6 Å². The first kappa shape index (κ1) is 15.0. The summed E-state index contributed by atoms with van der Waals surface area (Å²) >= 11 is 5.84. The van der Waals surface area contributed by atoms with Crippen LogP contribution >= 0.6 is 11.6 Å². The van der Waals surface area contributed by atoms with Crippen LogP contribution in [-0.2, 0) is 9.53 Å². The Kier molecular flexibility index (Phi) is 6.16. The highest BCUT2D eigenvalue weighted by atomic mass is 35.5. The van der Waals surface area contributed by atoms with Gasteiger partial charge in [0.25, 0.3) is 0 Å². The maximum Gasteiger partial charge on any atom is 0.307 e. The van der Waals surface area contributed by atoms with E-state index in [1.54, 1.807) is 0 Å². The lowest BCUT2D eigenvalue weighted by atomic mass is 10.1. The molecule has 1 aromatic carbocycles. The van der Waals surface area contributed by atoms with Gasteiger partial charge < -0.3 is 10.1 Å². The number of hydrogen-bond acceptors (Lipinski definition) is 3. The van der Waals surface area contributed by atoms with Crippen molar-refractivity contribution < 1.29 is 9.53 Å². The average Bonchev–Trinajstić information content (AvgIpc) is 2.29. The van der Waals surface area contributed by atoms with Gasteiger partial charge in [-0.1, -0.05) is 23.7 Å². The molecule has 0 saturated heterocycles. The van der Waals surface area contributed by atoms with Crippen LogP contribution in [0.25, 0.3) is 0 Å². The van der Waals surface area contributed by atoms with Crippen molar-refractivity contribution in [2.45, 2.75) is 39.3 Å². The average molecular weight is 270 g/mol. The van der Waals surface area contributed by atoms with Crippen LogP contribution in [0.3, 0.4) is 0 Å². The summed E-state index contributed by atoms with van der Waals surface area (Å²) in [6.07, 6.45) is 0.381. The molecule has 0 fully saturated rings. The van der Waals surface area contributed by atoms with Crippen molar-refractivity contribution in [3.63, 3.8) is 0 Å². The third-order valence-electron chi connectivity index (χ3n) is 2.68. The van der Waals surface area contributed by atoms with Crippen LogP contribution in [-0.4, -0.2) is 18.6 Å². The fraction of sp³-hybridized carbons (Fsp3) is 0.500. The lowest BCUT2D eigenvalue weighted by molar-refractivity contribution is -0.143. The van der Waals surface area contributed by atoms with E-state index in [1.807, 2.05) is 38.1 Å². The van der Waals surface area contributed by atoms with Gasteiger partial charge in [0.2, 0.25) is 0 Å². The minimum Gasteiger partial charge on any atom is -0.466 e. The van der Waals surface area contributed by atoms with Crippen LogP contribution in [0.1, 0.15) is 38.8 Å². The summed E-state index contributed by atoms with van der Waals surface area (Å²) in [5, 5.41) is 4.09. The molecule has 0 heterocycles. The van der Waals surface area contributed by atoms with E-state index in [2.05, 4.69) is 12.2 Å². The summed E-state index contributed by atoms with van der Waals surface area (Å²) < 4.78 is 4.92. The molecule has 0 spiro atoms. The Morgan fingerprint density at radius 1 is 1.33 bits per heavy atom. The third kappa shape index (κ3) is 5.07. The number of halogens is 1. The highest BCUT2D eigenvalue weighted by molar-refractivity contribution is 6.30. The van der Waals surface area contributed by atoms with Crippen molar-refractivity contribution in [3.05, 3.63) is 34.9 Å². The highest BCUT2D eigenvalue weighted by Gasteiger charge is 2.13. The van der Waals surface area contributed by atoms with Gasteiger partial charge in [0.05, 0.1) is 13.0 Å². The zero-order valence-electron chi connectivity index (χ0n) is 11.1. The molecular formula is C14H20ClNO2. The number of nitrogens with one attached hydrogen (secondary N) is 1. The van der Waals surface area contributed by atoms with Gasteiger partial charge in [-0.05, 0) is 38.5 Å². The number of ether oxygens (including phenoxy) is 1. The number of rotatable bonds is 6. The number of benzene rings is 1. The van der Waals surface area contributed by atoms with Crippen LogP contribution in [0.15, 0.2) is 24.3 Å². The SMILES string of the molecule is CCOC(=O)CC(C)N[C@@H](C)c1ccc(Cl)cc1. The van der Waals surface area contributed by atoms with E-state index in [0.29, 0.717) is 13.0 Å². The summed E-state index contributed by atoms with van der Waals surface area (Å²) in [5.74, 6) is -0.166. The topological polar surface area (TPSA) is 38.3 Å². The minimum absolute atomic E-state index is 0.0785. The molecule has 18 heavy (non-hydrogen) atoms. The summed E-state index contributed by atoms with van der Waals surface area (Å²) in [6, 6.07) is 7.95. The van der Waals surface area contributed by atoms with Gasteiger partial charge in [-0.3, -0.25) is 4.79 Å². The summed E-state index contributed by atoms with van der Waals surface area (Å²) in [4.78, 5) is 11.3. The Morgan fingerprint density at radius 2 is 1.94 bits per heavy atom. The Balaban J connectivity index is 2.46. The van der Waals surface area contributed by atoms with Gasteiger partial charge in [0, 0.05) is 17.1 Å². The first-order valence-electron chi connectivity index (χ1n) is 6.20. The van der Waals surface area contributed by atoms with Crippen molar-refractivity contribution in [2.24, 2.45) is 0 Å². The van der Waals surface area contributed by atoms with E-state index in [-0.39, 0.29) is 18.1 Å². The molecule has 1 rings (SSSR count). The second-order valence-electron chi connectivity index (χ2n) is 4.35. The van der Waals surface area contributed by atoms with E-state index in [1.165, 1.54) is 0 Å². The molecule has 0 radical (unpaired) electrons. The largest absolute Gasteiger partial charge is 0.466 e. The smallest absolute Gasteiger partial charge is 0.307 e. The van der Waals surface area contributed by atoms with Gasteiger partial charge in [-0.25, -0.2) is 0 Å². The van der Waals surface area contributed by atoms with Crippen molar-refractivity contribution in [1.82, 2.24) is 5.32 Å². The van der Waals surface area contributed by atoms with Gasteiger partial charge in [-0.15, -0.1) is 0 Å². The Bertz CT molecular complexity index is 378. The summed E-state index contributed by atoms with van der Waals surface area (Å²) in [6.45, 7) is 6.28. The molecule has 1 N–H and O–H groups in total. The van der Waals surface area contributed by atoms with Crippen LogP contribution in [0.2, 0.25) is 5.02 Å². The zero-order valence-corrected chi connectivity index (χ0v) is 11.8. The molecule has 0 amide bonds. The monoisotopic (exact) mass is 269 g/mol. The molecule has 0 bridgehead atoms. The Morgan fingerprint density at radius 3 is 2.50 bits per heavy atom. The lowest BCUT2D eigenvalue weighted by Crippen LogP contribution is -2.31. The predicted molar refractivity (Wildman–Crippen MR) is 73.7 cm³/mol. The minimum atomic E-state index is -0.166. The fourth-order valence-corrected chi connectivity index (χ4v) is 1.93. The van der Waals surface area contributed by atoms with Crippen molar-refractivity contribution in [1.29, 1.82) is 0 Å². The van der Waals surface area contributed by atoms with E-state index in [4.69, 9.17) is 16.3 Å². The lowest BCUT2D eigenvalue weighted by Gasteiger charge is -2.19. The van der Waals surface area contributed by atoms with Gasteiger partial charge >= 0.3 is 5.97 Å². The van der Waals surface area contributed by atoms with Gasteiger partial charge in [0.15, 0.2) is 0 Å². The van der Waals surface area contributed by atoms with Crippen LogP contribution in [0, 0.1) is 0 Å². The molecule has 0 aliphatic heterocycles. The molecule has 0 aliphatic rings. The number of hydrogen-bond donors (Lipinski definition) is 1. The maximum atomic E-state index is 11.3. The van der Waals surface area contributed by atoms with E-state index < -0.39 is 0 Å². The van der Waals surface area contributed by atoms with Crippen molar-refractivity contribution in [3.8, 4) is 0 Å². The first-order chi connectivity index (χ1) is 8.52. The quantitative estimate of drug-likeness (QED) is 0.805. The second kappa shape index (κ2) is 7.39.